The topological polar surface area (TPSA) is 112 Å². The molecule has 7 rings (SSSR count). The van der Waals surface area contributed by atoms with Gasteiger partial charge in [-0.25, -0.2) is 8.78 Å². The third kappa shape index (κ3) is 5.25. The molecule has 240 valence electrons. The van der Waals surface area contributed by atoms with Crippen LogP contribution in [0.3, 0.4) is 0 Å². The zero-order valence-corrected chi connectivity index (χ0v) is 27.2. The SMILES string of the molecule is C[C@H]1CN2CCC[C@@]2(COc2nc(N3C=C(CCO)CCCC3)c3cc(Cl)c(-c4ccc(F)c5sc(N)c(C#N)c45)c(F)c3n2)C1. The molecule has 8 nitrogen and oxygen atoms in total. The van der Waals surface area contributed by atoms with Crippen molar-refractivity contribution in [3.63, 3.8) is 0 Å². The molecule has 3 aliphatic rings. The number of nitriles is 1. The van der Waals surface area contributed by atoms with Gasteiger partial charge in [-0.2, -0.15) is 15.2 Å². The number of nitrogens with zero attached hydrogens (tertiary/aromatic N) is 5. The van der Waals surface area contributed by atoms with Crippen LogP contribution in [0.15, 0.2) is 30.0 Å². The summed E-state index contributed by atoms with van der Waals surface area (Å²) in [6, 6.07) is 6.40. The maximum Gasteiger partial charge on any atom is 0.319 e. The van der Waals surface area contributed by atoms with Crippen molar-refractivity contribution in [1.82, 2.24) is 14.9 Å². The molecule has 4 aromatic rings. The number of ether oxygens (including phenoxy) is 1. The molecule has 2 atom stereocenters. The molecular weight excluding hydrogens is 630 g/mol. The van der Waals surface area contributed by atoms with Crippen LogP contribution < -0.4 is 15.4 Å². The minimum Gasteiger partial charge on any atom is -0.461 e. The van der Waals surface area contributed by atoms with Crippen molar-refractivity contribution in [3.05, 3.63) is 52.2 Å². The number of hydrogen-bond donors (Lipinski definition) is 2. The van der Waals surface area contributed by atoms with Gasteiger partial charge in [-0.05, 0) is 75.1 Å². The van der Waals surface area contributed by atoms with Gasteiger partial charge in [-0.3, -0.25) is 4.90 Å². The number of anilines is 2. The summed E-state index contributed by atoms with van der Waals surface area (Å²) >= 11 is 7.81. The van der Waals surface area contributed by atoms with Gasteiger partial charge < -0.3 is 20.5 Å². The van der Waals surface area contributed by atoms with Gasteiger partial charge in [0, 0.05) is 42.2 Å². The number of rotatable bonds is 7. The summed E-state index contributed by atoms with van der Waals surface area (Å²) in [6.45, 7) is 5.38. The molecule has 2 saturated heterocycles. The smallest absolute Gasteiger partial charge is 0.319 e. The van der Waals surface area contributed by atoms with Crippen LogP contribution in [0.2, 0.25) is 5.02 Å². The van der Waals surface area contributed by atoms with E-state index in [1.165, 1.54) is 12.1 Å². The molecule has 5 heterocycles. The number of nitrogens with two attached hydrogens (primary N) is 1. The second-order valence-electron chi connectivity index (χ2n) is 12.8. The van der Waals surface area contributed by atoms with Gasteiger partial charge in [0.05, 0.1) is 20.8 Å². The fourth-order valence-electron chi connectivity index (χ4n) is 7.70. The molecule has 0 bridgehead atoms. The van der Waals surface area contributed by atoms with Crippen LogP contribution in [0.25, 0.3) is 32.1 Å². The summed E-state index contributed by atoms with van der Waals surface area (Å²) in [5.41, 5.74) is 7.41. The molecule has 0 amide bonds. The van der Waals surface area contributed by atoms with E-state index in [2.05, 4.69) is 22.9 Å². The Labute approximate surface area is 275 Å². The number of fused-ring (bicyclic) bond motifs is 3. The Morgan fingerprint density at radius 3 is 2.89 bits per heavy atom. The first kappa shape index (κ1) is 31.1. The first-order chi connectivity index (χ1) is 22.2. The van der Waals surface area contributed by atoms with E-state index in [0.29, 0.717) is 36.7 Å². The monoisotopic (exact) mass is 664 g/mol. The van der Waals surface area contributed by atoms with Gasteiger partial charge in [-0.1, -0.05) is 30.2 Å². The Balaban J connectivity index is 1.41. The molecule has 0 aliphatic carbocycles. The first-order valence-electron chi connectivity index (χ1n) is 15.8. The third-order valence-corrected chi connectivity index (χ3v) is 11.0. The number of nitrogen functional groups attached to an aromatic ring is 1. The largest absolute Gasteiger partial charge is 0.461 e. The van der Waals surface area contributed by atoms with Crippen LogP contribution in [0.1, 0.15) is 57.4 Å². The Morgan fingerprint density at radius 2 is 2.09 bits per heavy atom. The van der Waals surface area contributed by atoms with Crippen molar-refractivity contribution in [2.24, 2.45) is 5.92 Å². The Kier molecular flexibility index (Phi) is 8.26. The van der Waals surface area contributed by atoms with E-state index < -0.39 is 11.6 Å². The maximum absolute atomic E-state index is 17.0. The zero-order chi connectivity index (χ0) is 32.2. The average Bonchev–Trinajstić information content (AvgIpc) is 3.60. The van der Waals surface area contributed by atoms with Gasteiger partial charge >= 0.3 is 6.01 Å². The van der Waals surface area contributed by atoms with Crippen molar-refractivity contribution in [1.29, 1.82) is 5.26 Å². The van der Waals surface area contributed by atoms with E-state index >= 15 is 4.39 Å². The predicted octanol–water partition coefficient (Wildman–Crippen LogP) is 7.41. The zero-order valence-electron chi connectivity index (χ0n) is 25.6. The lowest BCUT2D eigenvalue weighted by Crippen LogP contribution is -2.43. The predicted molar refractivity (Wildman–Crippen MR) is 178 cm³/mol. The lowest BCUT2D eigenvalue weighted by atomic mass is 9.92. The van der Waals surface area contributed by atoms with Crippen molar-refractivity contribution in [3.8, 4) is 23.2 Å². The molecule has 46 heavy (non-hydrogen) atoms. The Hall–Kier alpha value is -3.56. The van der Waals surface area contributed by atoms with Gasteiger partial charge in [0.2, 0.25) is 0 Å². The summed E-state index contributed by atoms with van der Waals surface area (Å²) in [5.74, 6) is -0.250. The van der Waals surface area contributed by atoms with E-state index in [9.17, 15) is 14.8 Å². The van der Waals surface area contributed by atoms with E-state index in [1.807, 2.05) is 11.1 Å². The average molecular weight is 665 g/mol. The highest BCUT2D eigenvalue weighted by atomic mass is 35.5. The summed E-state index contributed by atoms with van der Waals surface area (Å²) in [6.07, 6.45) is 8.35. The number of thiophene rings is 1. The molecular formula is C34H35ClF2N6O2S. The summed E-state index contributed by atoms with van der Waals surface area (Å²) in [7, 11) is 0. The van der Waals surface area contributed by atoms with Crippen LogP contribution in [-0.2, 0) is 0 Å². The molecule has 12 heteroatoms. The number of halogens is 3. The highest BCUT2D eigenvalue weighted by Crippen LogP contribution is 2.46. The first-order valence-corrected chi connectivity index (χ1v) is 17.0. The molecule has 2 aromatic heterocycles. The Morgan fingerprint density at radius 1 is 1.24 bits per heavy atom. The van der Waals surface area contributed by atoms with Gasteiger partial charge in [0.1, 0.15) is 34.8 Å². The lowest BCUT2D eigenvalue weighted by Gasteiger charge is -2.31. The molecule has 2 aromatic carbocycles. The molecule has 3 N–H and O–H groups in total. The normalized spacial score (nSPS) is 21.9. The second kappa shape index (κ2) is 12.2. The van der Waals surface area contributed by atoms with Crippen molar-refractivity contribution in [2.45, 2.75) is 57.4 Å². The van der Waals surface area contributed by atoms with Crippen LogP contribution in [0, 0.1) is 28.9 Å². The summed E-state index contributed by atoms with van der Waals surface area (Å²) < 4.78 is 38.4. The van der Waals surface area contributed by atoms with Crippen molar-refractivity contribution in [2.75, 3.05) is 43.5 Å². The van der Waals surface area contributed by atoms with Crippen LogP contribution in [0.4, 0.5) is 19.6 Å². The van der Waals surface area contributed by atoms with Gasteiger partial charge in [0.15, 0.2) is 5.82 Å². The lowest BCUT2D eigenvalue weighted by molar-refractivity contribution is 0.107. The fourth-order valence-corrected chi connectivity index (χ4v) is 8.95. The number of aliphatic hydroxyl groups is 1. The quantitative estimate of drug-likeness (QED) is 0.210. The highest BCUT2D eigenvalue weighted by molar-refractivity contribution is 7.23. The van der Waals surface area contributed by atoms with Crippen LogP contribution >= 0.6 is 22.9 Å². The van der Waals surface area contributed by atoms with Crippen LogP contribution in [-0.4, -0.2) is 58.4 Å². The third-order valence-electron chi connectivity index (χ3n) is 9.70. The molecule has 0 radical (unpaired) electrons. The van der Waals surface area contributed by atoms with E-state index in [1.54, 1.807) is 6.07 Å². The standard InChI is InChI=1S/C34H35ClF2N6O2S/c1-19-14-34(9-4-11-43(34)16-19)18-45-33-40-29-22(32(41-33)42-10-3-2-5-20(17-42)8-12-44)13-24(35)27(28(29)37)21-6-7-25(36)30-26(21)23(15-38)31(39)46-30/h6-7,13,17,19,44H,2-5,8-12,14,16,18,39H2,1H3/t19-,34+/m1/s1. The number of benzene rings is 2. The van der Waals surface area contributed by atoms with Gasteiger partial charge in [-0.15, -0.1) is 11.3 Å². The molecule has 2 fully saturated rings. The number of aliphatic hydroxyl groups excluding tert-OH is 1. The summed E-state index contributed by atoms with van der Waals surface area (Å²) in [5, 5.41) is 20.4. The molecule has 0 unspecified atom stereocenters. The van der Waals surface area contributed by atoms with E-state index in [-0.39, 0.29) is 60.5 Å². The second-order valence-corrected chi connectivity index (χ2v) is 14.3. The molecule has 3 aliphatic heterocycles. The molecule has 0 saturated carbocycles. The van der Waals surface area contributed by atoms with Gasteiger partial charge in [0.25, 0.3) is 0 Å². The van der Waals surface area contributed by atoms with E-state index in [4.69, 9.17) is 27.1 Å². The minimum atomic E-state index is -0.720. The number of aromatic nitrogens is 2. The molecule has 0 spiro atoms. The van der Waals surface area contributed by atoms with Crippen molar-refractivity contribution < 1.29 is 18.6 Å². The minimum absolute atomic E-state index is 0.00150. The van der Waals surface area contributed by atoms with Crippen LogP contribution in [0.5, 0.6) is 6.01 Å². The van der Waals surface area contributed by atoms with E-state index in [0.717, 1.165) is 68.5 Å². The highest BCUT2D eigenvalue weighted by Gasteiger charge is 2.47. The Bertz CT molecular complexity index is 1930. The summed E-state index contributed by atoms with van der Waals surface area (Å²) in [4.78, 5) is 14.0. The van der Waals surface area contributed by atoms with Crippen molar-refractivity contribution >= 4 is 54.7 Å². The number of hydrogen-bond acceptors (Lipinski definition) is 9. The maximum atomic E-state index is 17.0. The fraction of sp³-hybridized carbons (Fsp3) is 0.441.